The number of anilines is 1. The van der Waals surface area contributed by atoms with Gasteiger partial charge in [0.15, 0.2) is 11.5 Å². The molecule has 1 aromatic heterocycles. The number of aromatic nitrogens is 2. The molecule has 1 aliphatic heterocycles. The fourth-order valence-electron chi connectivity index (χ4n) is 2.32. The van der Waals surface area contributed by atoms with Crippen LogP contribution in [0.2, 0.25) is 0 Å². The number of ether oxygens (including phenoxy) is 2. The van der Waals surface area contributed by atoms with Crippen LogP contribution in [0.3, 0.4) is 0 Å². The predicted molar refractivity (Wildman–Crippen MR) is 68.7 cm³/mol. The highest BCUT2D eigenvalue weighted by Crippen LogP contribution is 2.40. The zero-order valence-electron chi connectivity index (χ0n) is 10.7. The quantitative estimate of drug-likeness (QED) is 0.834. The van der Waals surface area contributed by atoms with Crippen molar-refractivity contribution in [3.05, 3.63) is 23.4 Å². The van der Waals surface area contributed by atoms with E-state index in [1.54, 1.807) is 4.68 Å². The second kappa shape index (κ2) is 3.66. The highest BCUT2D eigenvalue weighted by Gasteiger charge is 2.20. The number of nitrogens with two attached hydrogens (primary N) is 1. The van der Waals surface area contributed by atoms with Crippen LogP contribution in [-0.2, 0) is 7.05 Å². The minimum absolute atomic E-state index is 0.278. The molecule has 0 saturated carbocycles. The van der Waals surface area contributed by atoms with Crippen LogP contribution in [0.5, 0.6) is 11.5 Å². The van der Waals surface area contributed by atoms with Crippen molar-refractivity contribution < 1.29 is 9.47 Å². The summed E-state index contributed by atoms with van der Waals surface area (Å²) >= 11 is 0. The van der Waals surface area contributed by atoms with Crippen LogP contribution in [0.25, 0.3) is 11.1 Å². The summed E-state index contributed by atoms with van der Waals surface area (Å²) in [5, 5.41) is 4.34. The molecule has 1 aliphatic rings. The lowest BCUT2D eigenvalue weighted by Gasteiger charge is -2.08. The van der Waals surface area contributed by atoms with Gasteiger partial charge in [-0.2, -0.15) is 5.10 Å². The first-order chi connectivity index (χ1) is 8.58. The summed E-state index contributed by atoms with van der Waals surface area (Å²) in [6.07, 6.45) is 0. The molecule has 0 radical (unpaired) electrons. The molecule has 3 rings (SSSR count). The van der Waals surface area contributed by atoms with E-state index in [1.807, 2.05) is 33.0 Å². The highest BCUT2D eigenvalue weighted by molar-refractivity contribution is 5.80. The van der Waals surface area contributed by atoms with E-state index in [0.717, 1.165) is 33.9 Å². The Kier molecular flexibility index (Phi) is 2.23. The summed E-state index contributed by atoms with van der Waals surface area (Å²) in [4.78, 5) is 0. The molecule has 2 heterocycles. The lowest BCUT2D eigenvalue weighted by molar-refractivity contribution is 0.174. The zero-order valence-corrected chi connectivity index (χ0v) is 10.7. The van der Waals surface area contributed by atoms with Gasteiger partial charge in [0, 0.05) is 12.6 Å². The van der Waals surface area contributed by atoms with Gasteiger partial charge in [0.1, 0.15) is 5.82 Å². The molecule has 2 aromatic rings. The number of rotatable bonds is 1. The molecule has 5 heteroatoms. The van der Waals surface area contributed by atoms with Gasteiger partial charge < -0.3 is 15.2 Å². The molecule has 0 atom stereocenters. The number of benzene rings is 1. The maximum atomic E-state index is 6.08. The Morgan fingerprint density at radius 1 is 1.22 bits per heavy atom. The van der Waals surface area contributed by atoms with Crippen molar-refractivity contribution in [2.75, 3.05) is 12.5 Å². The number of aryl methyl sites for hydroxylation is 3. The number of nitrogen functional groups attached to an aromatic ring is 1. The minimum Gasteiger partial charge on any atom is -0.454 e. The third kappa shape index (κ3) is 1.44. The van der Waals surface area contributed by atoms with Crippen LogP contribution in [-0.4, -0.2) is 16.6 Å². The van der Waals surface area contributed by atoms with E-state index in [1.165, 1.54) is 0 Å². The van der Waals surface area contributed by atoms with Crippen molar-refractivity contribution in [3.8, 4) is 22.6 Å². The molecule has 0 unspecified atom stereocenters. The Hall–Kier alpha value is -2.17. The van der Waals surface area contributed by atoms with Crippen LogP contribution < -0.4 is 15.2 Å². The van der Waals surface area contributed by atoms with Gasteiger partial charge in [0.2, 0.25) is 6.79 Å². The van der Waals surface area contributed by atoms with E-state index in [-0.39, 0.29) is 6.79 Å². The Balaban J connectivity index is 2.23. The van der Waals surface area contributed by atoms with Crippen molar-refractivity contribution in [3.63, 3.8) is 0 Å². The van der Waals surface area contributed by atoms with Gasteiger partial charge in [-0.3, -0.25) is 4.68 Å². The van der Waals surface area contributed by atoms with Gasteiger partial charge in [0.25, 0.3) is 0 Å². The number of hydrogen-bond acceptors (Lipinski definition) is 4. The maximum Gasteiger partial charge on any atom is 0.231 e. The van der Waals surface area contributed by atoms with E-state index in [9.17, 15) is 0 Å². The molecule has 1 aromatic carbocycles. The van der Waals surface area contributed by atoms with Crippen LogP contribution in [0.4, 0.5) is 5.82 Å². The van der Waals surface area contributed by atoms with Crippen molar-refractivity contribution in [2.45, 2.75) is 13.8 Å². The fourth-order valence-corrected chi connectivity index (χ4v) is 2.32. The Morgan fingerprint density at radius 2 is 1.89 bits per heavy atom. The summed E-state index contributed by atoms with van der Waals surface area (Å²) in [6, 6.07) is 3.95. The van der Waals surface area contributed by atoms with Gasteiger partial charge in [0.05, 0.1) is 5.69 Å². The topological polar surface area (TPSA) is 62.3 Å². The summed E-state index contributed by atoms with van der Waals surface area (Å²) in [5.41, 5.74) is 10.1. The molecule has 0 saturated heterocycles. The second-order valence-corrected chi connectivity index (χ2v) is 4.49. The maximum absolute atomic E-state index is 6.08. The lowest BCUT2D eigenvalue weighted by Crippen LogP contribution is -1.98. The summed E-state index contributed by atoms with van der Waals surface area (Å²) in [7, 11) is 1.84. The summed E-state index contributed by atoms with van der Waals surface area (Å²) in [6.45, 7) is 4.26. The molecular weight excluding hydrogens is 230 g/mol. The molecule has 0 aliphatic carbocycles. The molecular formula is C13H15N3O2. The largest absolute Gasteiger partial charge is 0.454 e. The van der Waals surface area contributed by atoms with E-state index in [4.69, 9.17) is 15.2 Å². The molecule has 0 bridgehead atoms. The first kappa shape index (κ1) is 11.0. The van der Waals surface area contributed by atoms with E-state index >= 15 is 0 Å². The molecule has 94 valence electrons. The molecule has 0 fully saturated rings. The number of hydrogen-bond donors (Lipinski definition) is 1. The van der Waals surface area contributed by atoms with Crippen molar-refractivity contribution >= 4 is 5.82 Å². The Morgan fingerprint density at radius 3 is 2.50 bits per heavy atom. The zero-order chi connectivity index (χ0) is 12.9. The first-order valence-electron chi connectivity index (χ1n) is 5.77. The van der Waals surface area contributed by atoms with Crippen LogP contribution in [0.1, 0.15) is 11.3 Å². The molecule has 18 heavy (non-hydrogen) atoms. The number of nitrogens with zero attached hydrogens (tertiary/aromatic N) is 2. The Bertz CT molecular complexity index is 632. The Labute approximate surface area is 105 Å². The molecule has 5 nitrogen and oxygen atoms in total. The average molecular weight is 245 g/mol. The van der Waals surface area contributed by atoms with Gasteiger partial charge in [-0.1, -0.05) is 0 Å². The van der Waals surface area contributed by atoms with E-state index in [0.29, 0.717) is 5.82 Å². The van der Waals surface area contributed by atoms with Crippen molar-refractivity contribution in [2.24, 2.45) is 7.05 Å². The van der Waals surface area contributed by atoms with E-state index < -0.39 is 0 Å². The number of fused-ring (bicyclic) bond motifs is 1. The van der Waals surface area contributed by atoms with Crippen LogP contribution >= 0.6 is 0 Å². The molecule has 0 spiro atoms. The van der Waals surface area contributed by atoms with Crippen molar-refractivity contribution in [1.29, 1.82) is 0 Å². The van der Waals surface area contributed by atoms with Crippen LogP contribution in [0.15, 0.2) is 12.1 Å². The minimum atomic E-state index is 0.278. The molecule has 0 amide bonds. The normalized spacial score (nSPS) is 13.1. The SMILES string of the molecule is Cc1cc2c(cc1-c1c(C)nn(C)c1N)OCO2. The monoisotopic (exact) mass is 245 g/mol. The molecule has 2 N–H and O–H groups in total. The van der Waals surface area contributed by atoms with Crippen molar-refractivity contribution in [1.82, 2.24) is 9.78 Å². The van der Waals surface area contributed by atoms with Gasteiger partial charge >= 0.3 is 0 Å². The predicted octanol–water partition coefficient (Wildman–Crippen LogP) is 2.01. The summed E-state index contributed by atoms with van der Waals surface area (Å²) in [5.74, 6) is 2.21. The summed E-state index contributed by atoms with van der Waals surface area (Å²) < 4.78 is 12.5. The smallest absolute Gasteiger partial charge is 0.231 e. The fraction of sp³-hybridized carbons (Fsp3) is 0.308. The van der Waals surface area contributed by atoms with Crippen LogP contribution in [0, 0.1) is 13.8 Å². The second-order valence-electron chi connectivity index (χ2n) is 4.49. The average Bonchev–Trinajstić information content (AvgIpc) is 2.84. The third-order valence-electron chi connectivity index (χ3n) is 3.26. The van der Waals surface area contributed by atoms with E-state index in [2.05, 4.69) is 5.10 Å². The van der Waals surface area contributed by atoms with Gasteiger partial charge in [-0.15, -0.1) is 0 Å². The lowest BCUT2D eigenvalue weighted by atomic mass is 9.99. The highest BCUT2D eigenvalue weighted by atomic mass is 16.7. The van der Waals surface area contributed by atoms with Gasteiger partial charge in [-0.05, 0) is 37.1 Å². The first-order valence-corrected chi connectivity index (χ1v) is 5.77. The van der Waals surface area contributed by atoms with Gasteiger partial charge in [-0.25, -0.2) is 0 Å². The third-order valence-corrected chi connectivity index (χ3v) is 3.26. The standard InChI is InChI=1S/C13H15N3O2/c1-7-4-10-11(18-6-17-10)5-9(7)12-8(2)15-16(3)13(12)14/h4-5H,6,14H2,1-3H3.